The molecule has 1 aliphatic heterocycles. The van der Waals surface area contributed by atoms with E-state index in [0.717, 1.165) is 50.4 Å². The van der Waals surface area contributed by atoms with E-state index in [4.69, 9.17) is 0 Å². The van der Waals surface area contributed by atoms with E-state index in [0.29, 0.717) is 21.8 Å². The highest BCUT2D eigenvalue weighted by Crippen LogP contribution is 2.28. The van der Waals surface area contributed by atoms with Crippen LogP contribution < -0.4 is 15.9 Å². The molecule has 1 aliphatic carbocycles. The Morgan fingerprint density at radius 3 is 2.61 bits per heavy atom. The summed E-state index contributed by atoms with van der Waals surface area (Å²) in [5.41, 5.74) is 1.18. The molecule has 1 aromatic carbocycles. The van der Waals surface area contributed by atoms with E-state index in [1.165, 1.54) is 25.5 Å². The summed E-state index contributed by atoms with van der Waals surface area (Å²) in [7, 11) is 0. The molecule has 0 atom stereocenters. The first-order chi connectivity index (χ1) is 16.1. The zero-order valence-electron chi connectivity index (χ0n) is 18.5. The molecule has 1 amide bonds. The van der Waals surface area contributed by atoms with Gasteiger partial charge < -0.3 is 20.3 Å². The van der Waals surface area contributed by atoms with E-state index >= 15 is 0 Å². The molecular weight excluding hydrogens is 420 g/mol. The summed E-state index contributed by atoms with van der Waals surface area (Å²) in [5.74, 6) is 0.882. The number of piperazine rings is 1. The van der Waals surface area contributed by atoms with E-state index in [2.05, 4.69) is 20.2 Å². The minimum Gasteiger partial charge on any atom is -0.422 e. The number of aromatic nitrogens is 3. The second-order valence-corrected chi connectivity index (χ2v) is 8.75. The Morgan fingerprint density at radius 1 is 1.03 bits per heavy atom. The number of nitrogens with one attached hydrogen (secondary N) is 1. The smallest absolute Gasteiger partial charge is 0.384 e. The van der Waals surface area contributed by atoms with Gasteiger partial charge in [0.15, 0.2) is 5.65 Å². The number of hydrogen-bond donors (Lipinski definition) is 2. The molecule has 2 N–H and O–H groups in total. The summed E-state index contributed by atoms with van der Waals surface area (Å²) in [6.45, 7) is 3.04. The number of nitrogens with zero attached hydrogens (tertiary/aromatic N) is 5. The number of carbonyl (C=O) groups excluding carboxylic acids is 1. The third-order valence-electron chi connectivity index (χ3n) is 6.65. The van der Waals surface area contributed by atoms with E-state index in [9.17, 15) is 14.8 Å². The molecule has 9 heteroatoms. The lowest BCUT2D eigenvalue weighted by molar-refractivity contribution is -0.136. The number of carbonyl (C=O) groups is 1. The van der Waals surface area contributed by atoms with Gasteiger partial charge in [0.2, 0.25) is 5.91 Å². The zero-order chi connectivity index (χ0) is 22.8. The van der Waals surface area contributed by atoms with Crippen molar-refractivity contribution in [1.82, 2.24) is 19.6 Å². The van der Waals surface area contributed by atoms with Crippen molar-refractivity contribution < 1.29 is 10.0 Å². The fourth-order valence-corrected chi connectivity index (χ4v) is 4.85. The molecule has 3 heterocycles. The molecule has 172 valence electrons. The maximum Gasteiger partial charge on any atom is 0.384 e. The first-order valence-corrected chi connectivity index (χ1v) is 11.6. The number of benzene rings is 1. The maximum absolute atomic E-state index is 12.9. The predicted octanol–water partition coefficient (Wildman–Crippen LogP) is 3.00. The van der Waals surface area contributed by atoms with E-state index in [1.807, 2.05) is 29.2 Å². The lowest BCUT2D eigenvalue weighted by atomic mass is 9.88. The Kier molecular flexibility index (Phi) is 5.85. The normalized spacial score (nSPS) is 17.3. The van der Waals surface area contributed by atoms with Crippen molar-refractivity contribution in [3.05, 3.63) is 53.1 Å². The van der Waals surface area contributed by atoms with Gasteiger partial charge in [0.1, 0.15) is 5.82 Å². The van der Waals surface area contributed by atoms with Crippen LogP contribution in [0.2, 0.25) is 0 Å². The van der Waals surface area contributed by atoms with Gasteiger partial charge in [0.25, 0.3) is 0 Å². The number of pyridine rings is 1. The molecule has 3 aromatic rings. The molecule has 2 fully saturated rings. The van der Waals surface area contributed by atoms with Gasteiger partial charge in [0, 0.05) is 49.7 Å². The van der Waals surface area contributed by atoms with Crippen LogP contribution in [0.4, 0.5) is 17.2 Å². The molecule has 2 aliphatic rings. The van der Waals surface area contributed by atoms with Crippen LogP contribution in [0.3, 0.4) is 0 Å². The molecule has 0 radical (unpaired) electrons. The van der Waals surface area contributed by atoms with E-state index < -0.39 is 5.69 Å². The Bertz CT molecular complexity index is 1210. The molecule has 0 spiro atoms. The molecule has 1 saturated carbocycles. The lowest BCUT2D eigenvalue weighted by Crippen LogP contribution is -2.50. The van der Waals surface area contributed by atoms with Crippen molar-refractivity contribution in [2.45, 2.75) is 32.1 Å². The van der Waals surface area contributed by atoms with Gasteiger partial charge in [-0.2, -0.15) is 4.98 Å². The summed E-state index contributed by atoms with van der Waals surface area (Å²) in [6.07, 6.45) is 7.17. The van der Waals surface area contributed by atoms with Crippen molar-refractivity contribution in [3.8, 4) is 0 Å². The topological polar surface area (TPSA) is 104 Å². The number of anilines is 3. The number of amides is 1. The van der Waals surface area contributed by atoms with Crippen LogP contribution in [0.25, 0.3) is 11.0 Å². The van der Waals surface area contributed by atoms with Crippen LogP contribution in [0.1, 0.15) is 32.1 Å². The third-order valence-corrected chi connectivity index (χ3v) is 6.65. The first kappa shape index (κ1) is 21.2. The van der Waals surface area contributed by atoms with Gasteiger partial charge in [-0.25, -0.2) is 9.78 Å². The minimum absolute atomic E-state index is 0.148. The highest BCUT2D eigenvalue weighted by Gasteiger charge is 2.28. The Balaban J connectivity index is 1.29. The average molecular weight is 449 g/mol. The fourth-order valence-electron chi connectivity index (χ4n) is 4.85. The molecule has 1 saturated heterocycles. The molecular formula is C24H28N6O3. The standard InChI is InChI=1S/C24H28N6O3/c31-23(17-6-2-1-3-7-17)29-14-12-28(13-15-29)19-9-4-8-18(16-19)26-21-20-10-5-11-25-22(20)30(33)24(32)27-21/h4-5,8-11,16-17,33H,1-3,6-7,12-15H2,(H,26,27,32). The quantitative estimate of drug-likeness (QED) is 0.592. The molecule has 33 heavy (non-hydrogen) atoms. The Hall–Kier alpha value is -3.62. The summed E-state index contributed by atoms with van der Waals surface area (Å²) in [5, 5.41) is 13.7. The largest absolute Gasteiger partial charge is 0.422 e. The van der Waals surface area contributed by atoms with Crippen LogP contribution in [0, 0.1) is 5.92 Å². The van der Waals surface area contributed by atoms with Crippen LogP contribution in [-0.2, 0) is 4.79 Å². The van der Waals surface area contributed by atoms with Gasteiger partial charge in [0.05, 0.1) is 5.39 Å². The van der Waals surface area contributed by atoms with E-state index in [-0.39, 0.29) is 11.6 Å². The van der Waals surface area contributed by atoms with Gasteiger partial charge in [-0.05, 0) is 43.2 Å². The lowest BCUT2D eigenvalue weighted by Gasteiger charge is -2.38. The molecule has 5 rings (SSSR count). The fraction of sp³-hybridized carbons (Fsp3) is 0.417. The van der Waals surface area contributed by atoms with E-state index in [1.54, 1.807) is 12.1 Å². The first-order valence-electron chi connectivity index (χ1n) is 11.6. The molecule has 0 bridgehead atoms. The zero-order valence-corrected chi connectivity index (χ0v) is 18.5. The van der Waals surface area contributed by atoms with Gasteiger partial charge >= 0.3 is 5.69 Å². The Morgan fingerprint density at radius 2 is 1.82 bits per heavy atom. The summed E-state index contributed by atoms with van der Waals surface area (Å²) < 4.78 is 0.449. The Labute approximate surface area is 191 Å². The minimum atomic E-state index is -0.793. The van der Waals surface area contributed by atoms with Gasteiger partial charge in [-0.1, -0.05) is 25.3 Å². The van der Waals surface area contributed by atoms with Crippen molar-refractivity contribution in [1.29, 1.82) is 0 Å². The summed E-state index contributed by atoms with van der Waals surface area (Å²) in [4.78, 5) is 37.2. The van der Waals surface area contributed by atoms with Gasteiger partial charge in [-0.3, -0.25) is 4.79 Å². The van der Waals surface area contributed by atoms with Crippen LogP contribution in [0.5, 0.6) is 0 Å². The predicted molar refractivity (Wildman–Crippen MR) is 126 cm³/mol. The van der Waals surface area contributed by atoms with Gasteiger partial charge in [-0.15, -0.1) is 4.73 Å². The highest BCUT2D eigenvalue weighted by molar-refractivity contribution is 5.88. The summed E-state index contributed by atoms with van der Waals surface area (Å²) in [6, 6.07) is 11.4. The molecule has 2 aromatic heterocycles. The van der Waals surface area contributed by atoms with Crippen molar-refractivity contribution in [2.24, 2.45) is 5.92 Å². The average Bonchev–Trinajstić information content (AvgIpc) is 2.87. The van der Waals surface area contributed by atoms with Crippen molar-refractivity contribution >= 4 is 34.1 Å². The highest BCUT2D eigenvalue weighted by atomic mass is 16.5. The second kappa shape index (κ2) is 9.09. The van der Waals surface area contributed by atoms with Crippen molar-refractivity contribution in [2.75, 3.05) is 36.4 Å². The van der Waals surface area contributed by atoms with Crippen LogP contribution in [0.15, 0.2) is 47.4 Å². The number of fused-ring (bicyclic) bond motifs is 1. The monoisotopic (exact) mass is 448 g/mol. The van der Waals surface area contributed by atoms with Crippen LogP contribution >= 0.6 is 0 Å². The number of hydrogen-bond acceptors (Lipinski definition) is 7. The van der Waals surface area contributed by atoms with Crippen LogP contribution in [-0.4, -0.2) is 56.9 Å². The maximum atomic E-state index is 12.9. The molecule has 9 nitrogen and oxygen atoms in total. The SMILES string of the molecule is O=C(C1CCCCC1)N1CCN(c2cccc(Nc3nc(=O)n(O)c4ncccc34)c2)CC1. The number of rotatable bonds is 4. The third kappa shape index (κ3) is 4.35. The summed E-state index contributed by atoms with van der Waals surface area (Å²) >= 11 is 0. The van der Waals surface area contributed by atoms with Crippen molar-refractivity contribution in [3.63, 3.8) is 0 Å². The second-order valence-electron chi connectivity index (χ2n) is 8.75. The molecule has 0 unspecified atom stereocenters.